The van der Waals surface area contributed by atoms with Crippen LogP contribution in [0.15, 0.2) is 24.3 Å². The van der Waals surface area contributed by atoms with Gasteiger partial charge in [0.2, 0.25) is 5.60 Å². The Bertz CT molecular complexity index is 642. The van der Waals surface area contributed by atoms with Gasteiger partial charge >= 0.3 is 11.9 Å². The fourth-order valence-electron chi connectivity index (χ4n) is 3.31. The van der Waals surface area contributed by atoms with Crippen LogP contribution in [0, 0.1) is 0 Å². The SMILES string of the molecule is COc1ccc([C@H]2CC(=O)O[C@@]23C(=O)O[C@H](C(O)CO)[C@H]3O)cc1. The number of benzene rings is 1. The molecule has 2 aliphatic rings. The van der Waals surface area contributed by atoms with Crippen molar-refractivity contribution in [1.29, 1.82) is 0 Å². The molecule has 0 amide bonds. The molecule has 3 N–H and O–H groups in total. The first kappa shape index (κ1) is 16.7. The molecule has 1 spiro atoms. The predicted octanol–water partition coefficient (Wildman–Crippen LogP) is -0.896. The number of carbonyl (C=O) groups excluding carboxylic acids is 2. The van der Waals surface area contributed by atoms with Gasteiger partial charge < -0.3 is 29.5 Å². The lowest BCUT2D eigenvalue weighted by Crippen LogP contribution is -2.52. The van der Waals surface area contributed by atoms with Crippen LogP contribution >= 0.6 is 0 Å². The molecule has 8 nitrogen and oxygen atoms in total. The van der Waals surface area contributed by atoms with Gasteiger partial charge in [0.1, 0.15) is 18.0 Å². The molecule has 1 aromatic carbocycles. The summed E-state index contributed by atoms with van der Waals surface area (Å²) in [5, 5.41) is 29.3. The highest BCUT2D eigenvalue weighted by Gasteiger charge is 2.69. The summed E-state index contributed by atoms with van der Waals surface area (Å²) in [7, 11) is 1.51. The van der Waals surface area contributed by atoms with Crippen LogP contribution in [0.1, 0.15) is 17.9 Å². The zero-order valence-corrected chi connectivity index (χ0v) is 12.9. The van der Waals surface area contributed by atoms with Gasteiger partial charge in [0.25, 0.3) is 0 Å². The van der Waals surface area contributed by atoms with Crippen LogP contribution in [0.5, 0.6) is 5.75 Å². The summed E-state index contributed by atoms with van der Waals surface area (Å²) in [5.74, 6) is -1.75. The molecule has 0 radical (unpaired) electrons. The third-order valence-electron chi connectivity index (χ3n) is 4.57. The van der Waals surface area contributed by atoms with Crippen LogP contribution in [-0.2, 0) is 19.1 Å². The Morgan fingerprint density at radius 1 is 1.33 bits per heavy atom. The van der Waals surface area contributed by atoms with Crippen molar-refractivity contribution in [2.45, 2.75) is 36.3 Å². The smallest absolute Gasteiger partial charge is 0.354 e. The maximum Gasteiger partial charge on any atom is 0.354 e. The Morgan fingerprint density at radius 3 is 2.58 bits per heavy atom. The summed E-state index contributed by atoms with van der Waals surface area (Å²) in [6, 6.07) is 6.67. The minimum absolute atomic E-state index is 0.111. The molecule has 2 heterocycles. The van der Waals surface area contributed by atoms with Gasteiger partial charge in [-0.15, -0.1) is 0 Å². The molecule has 8 heteroatoms. The van der Waals surface area contributed by atoms with E-state index in [0.717, 1.165) is 0 Å². The van der Waals surface area contributed by atoms with E-state index >= 15 is 0 Å². The normalized spacial score (nSPS) is 33.4. The average molecular weight is 338 g/mol. The fourth-order valence-corrected chi connectivity index (χ4v) is 3.31. The van der Waals surface area contributed by atoms with Crippen molar-refractivity contribution < 1.29 is 39.1 Å². The average Bonchev–Trinajstić information content (AvgIpc) is 3.07. The summed E-state index contributed by atoms with van der Waals surface area (Å²) < 4.78 is 15.3. The molecule has 0 aromatic heterocycles. The van der Waals surface area contributed by atoms with Crippen LogP contribution < -0.4 is 4.74 Å². The largest absolute Gasteiger partial charge is 0.497 e. The fraction of sp³-hybridized carbons (Fsp3) is 0.500. The third-order valence-corrected chi connectivity index (χ3v) is 4.57. The van der Waals surface area contributed by atoms with Crippen LogP contribution in [0.2, 0.25) is 0 Å². The quantitative estimate of drug-likeness (QED) is 0.604. The van der Waals surface area contributed by atoms with Crippen molar-refractivity contribution >= 4 is 11.9 Å². The molecule has 0 aliphatic carbocycles. The second kappa shape index (κ2) is 6.04. The first-order chi connectivity index (χ1) is 11.4. The number of ether oxygens (including phenoxy) is 3. The van der Waals surface area contributed by atoms with Gasteiger partial charge in [-0.2, -0.15) is 0 Å². The molecule has 3 rings (SSSR count). The van der Waals surface area contributed by atoms with E-state index in [-0.39, 0.29) is 6.42 Å². The number of aliphatic hydroxyl groups excluding tert-OH is 3. The summed E-state index contributed by atoms with van der Waals surface area (Å²) in [6.45, 7) is -0.702. The van der Waals surface area contributed by atoms with Gasteiger partial charge in [0.15, 0.2) is 6.10 Å². The topological polar surface area (TPSA) is 123 Å². The molecular weight excluding hydrogens is 320 g/mol. The second-order valence-corrected chi connectivity index (χ2v) is 5.86. The molecule has 0 bridgehead atoms. The maximum atomic E-state index is 12.4. The summed E-state index contributed by atoms with van der Waals surface area (Å²) >= 11 is 0. The Balaban J connectivity index is 1.99. The minimum Gasteiger partial charge on any atom is -0.497 e. The van der Waals surface area contributed by atoms with Crippen molar-refractivity contribution in [1.82, 2.24) is 0 Å². The Hall–Kier alpha value is -2.16. The van der Waals surface area contributed by atoms with E-state index in [1.807, 2.05) is 0 Å². The van der Waals surface area contributed by atoms with E-state index in [9.17, 15) is 19.8 Å². The Labute approximate surface area is 137 Å². The third kappa shape index (κ3) is 2.34. The molecule has 2 saturated heterocycles. The van der Waals surface area contributed by atoms with E-state index in [1.54, 1.807) is 24.3 Å². The molecule has 130 valence electrons. The number of esters is 2. The van der Waals surface area contributed by atoms with Gasteiger partial charge in [0, 0.05) is 5.92 Å². The number of hydrogen-bond donors (Lipinski definition) is 3. The van der Waals surface area contributed by atoms with Crippen molar-refractivity contribution in [2.75, 3.05) is 13.7 Å². The number of methoxy groups -OCH3 is 1. The van der Waals surface area contributed by atoms with Crippen molar-refractivity contribution in [3.63, 3.8) is 0 Å². The maximum absolute atomic E-state index is 12.4. The van der Waals surface area contributed by atoms with Gasteiger partial charge in [0.05, 0.1) is 20.1 Å². The van der Waals surface area contributed by atoms with Gasteiger partial charge in [-0.1, -0.05) is 12.1 Å². The zero-order chi connectivity index (χ0) is 17.5. The van der Waals surface area contributed by atoms with Gasteiger partial charge in [-0.3, -0.25) is 4.79 Å². The van der Waals surface area contributed by atoms with Gasteiger partial charge in [-0.05, 0) is 17.7 Å². The molecule has 2 aliphatic heterocycles. The second-order valence-electron chi connectivity index (χ2n) is 5.86. The first-order valence-electron chi connectivity index (χ1n) is 7.48. The van der Waals surface area contributed by atoms with E-state index in [1.165, 1.54) is 7.11 Å². The van der Waals surface area contributed by atoms with Crippen molar-refractivity contribution in [3.05, 3.63) is 29.8 Å². The monoisotopic (exact) mass is 338 g/mol. The molecule has 2 fully saturated rings. The van der Waals surface area contributed by atoms with Crippen LogP contribution in [0.25, 0.3) is 0 Å². The van der Waals surface area contributed by atoms with E-state index < -0.39 is 48.4 Å². The lowest BCUT2D eigenvalue weighted by atomic mass is 9.77. The molecular formula is C16H18O8. The lowest BCUT2D eigenvalue weighted by Gasteiger charge is -2.29. The summed E-state index contributed by atoms with van der Waals surface area (Å²) in [4.78, 5) is 24.3. The Morgan fingerprint density at radius 2 is 2.00 bits per heavy atom. The van der Waals surface area contributed by atoms with Crippen molar-refractivity contribution in [3.8, 4) is 5.75 Å². The highest BCUT2D eigenvalue weighted by Crippen LogP contribution is 2.48. The zero-order valence-electron chi connectivity index (χ0n) is 12.9. The number of rotatable bonds is 4. The highest BCUT2D eigenvalue weighted by atomic mass is 16.6. The number of cyclic esters (lactones) is 1. The predicted molar refractivity (Wildman–Crippen MR) is 78.2 cm³/mol. The molecule has 0 saturated carbocycles. The molecule has 5 atom stereocenters. The number of aliphatic hydroxyl groups is 3. The van der Waals surface area contributed by atoms with E-state index in [0.29, 0.717) is 11.3 Å². The van der Waals surface area contributed by atoms with Crippen molar-refractivity contribution in [2.24, 2.45) is 0 Å². The molecule has 1 unspecified atom stereocenters. The van der Waals surface area contributed by atoms with Crippen LogP contribution in [-0.4, -0.2) is 64.9 Å². The summed E-state index contributed by atoms with van der Waals surface area (Å²) in [5.41, 5.74) is -1.33. The summed E-state index contributed by atoms with van der Waals surface area (Å²) in [6.07, 6.45) is -4.54. The van der Waals surface area contributed by atoms with Crippen LogP contribution in [0.3, 0.4) is 0 Å². The lowest BCUT2D eigenvalue weighted by molar-refractivity contribution is -0.169. The molecule has 24 heavy (non-hydrogen) atoms. The van der Waals surface area contributed by atoms with E-state index in [4.69, 9.17) is 19.3 Å². The Kier molecular flexibility index (Phi) is 4.20. The van der Waals surface area contributed by atoms with Crippen LogP contribution in [0.4, 0.5) is 0 Å². The standard InChI is InChI=1S/C16H18O8/c1-22-9-4-2-8(3-5-9)10-6-12(19)24-16(10)14(20)13(11(18)7-17)23-15(16)21/h2-5,10-11,13-14,17-18,20H,6-7H2,1H3/t10-,11?,13-,14-,16+/m1/s1. The van der Waals surface area contributed by atoms with E-state index in [2.05, 4.69) is 0 Å². The number of hydrogen-bond acceptors (Lipinski definition) is 8. The number of carbonyl (C=O) groups is 2. The molecule has 1 aromatic rings. The highest BCUT2D eigenvalue weighted by molar-refractivity contribution is 5.91. The first-order valence-corrected chi connectivity index (χ1v) is 7.48. The van der Waals surface area contributed by atoms with Gasteiger partial charge in [-0.25, -0.2) is 4.79 Å². The minimum atomic E-state index is -1.92.